The molecular formula is C17H15Cl3N2O2. The first-order valence-corrected chi connectivity index (χ1v) is 8.29. The van der Waals surface area contributed by atoms with Crippen LogP contribution in [0.4, 0.5) is 11.4 Å². The second-order valence-electron chi connectivity index (χ2n) is 5.08. The van der Waals surface area contributed by atoms with Gasteiger partial charge in [-0.15, -0.1) is 0 Å². The van der Waals surface area contributed by atoms with Gasteiger partial charge in [0.1, 0.15) is 0 Å². The van der Waals surface area contributed by atoms with Gasteiger partial charge in [0.15, 0.2) is 0 Å². The zero-order valence-corrected chi connectivity index (χ0v) is 15.1. The van der Waals surface area contributed by atoms with E-state index in [1.807, 2.05) is 0 Å². The lowest BCUT2D eigenvalue weighted by Gasteiger charge is -2.21. The molecule has 0 aliphatic carbocycles. The molecule has 24 heavy (non-hydrogen) atoms. The summed E-state index contributed by atoms with van der Waals surface area (Å²) in [5.74, 6) is -0.402. The van der Waals surface area contributed by atoms with Gasteiger partial charge in [-0.05, 0) is 36.4 Å². The summed E-state index contributed by atoms with van der Waals surface area (Å²) < 4.78 is 0. The van der Waals surface area contributed by atoms with Gasteiger partial charge in [-0.3, -0.25) is 9.59 Å². The number of carbonyl (C=O) groups is 2. The second kappa shape index (κ2) is 8.38. The van der Waals surface area contributed by atoms with Crippen LogP contribution in [0.5, 0.6) is 0 Å². The standard InChI is InChI=1S/C17H15Cl3N2O2/c1-11(23)22(14-4-2-3-12(18)9-14)8-7-17(24)21-13-5-6-15(19)16(20)10-13/h2-6,9-10H,7-8H2,1H3,(H,21,24). The lowest BCUT2D eigenvalue weighted by molar-refractivity contribution is -0.117. The maximum Gasteiger partial charge on any atom is 0.226 e. The molecule has 0 bridgehead atoms. The molecule has 0 saturated carbocycles. The lowest BCUT2D eigenvalue weighted by atomic mass is 10.2. The van der Waals surface area contributed by atoms with Crippen LogP contribution in [-0.2, 0) is 9.59 Å². The molecule has 0 aliphatic heterocycles. The molecule has 4 nitrogen and oxygen atoms in total. The quantitative estimate of drug-likeness (QED) is 0.785. The molecule has 2 aromatic rings. The van der Waals surface area contributed by atoms with Crippen molar-refractivity contribution in [3.8, 4) is 0 Å². The first kappa shape index (κ1) is 18.6. The van der Waals surface area contributed by atoms with Gasteiger partial charge in [-0.1, -0.05) is 40.9 Å². The summed E-state index contributed by atoms with van der Waals surface area (Å²) in [4.78, 5) is 25.4. The van der Waals surface area contributed by atoms with Gasteiger partial charge >= 0.3 is 0 Å². The molecule has 2 rings (SSSR count). The van der Waals surface area contributed by atoms with E-state index in [4.69, 9.17) is 34.8 Å². The normalized spacial score (nSPS) is 10.3. The van der Waals surface area contributed by atoms with Crippen molar-refractivity contribution in [1.29, 1.82) is 0 Å². The highest BCUT2D eigenvalue weighted by atomic mass is 35.5. The number of halogens is 3. The van der Waals surface area contributed by atoms with Crippen molar-refractivity contribution in [2.24, 2.45) is 0 Å². The zero-order valence-electron chi connectivity index (χ0n) is 12.9. The van der Waals surface area contributed by atoms with E-state index in [1.54, 1.807) is 42.5 Å². The molecule has 0 radical (unpaired) electrons. The van der Waals surface area contributed by atoms with Crippen molar-refractivity contribution in [1.82, 2.24) is 0 Å². The Morgan fingerprint density at radius 2 is 1.79 bits per heavy atom. The Morgan fingerprint density at radius 1 is 1.04 bits per heavy atom. The number of hydrogen-bond acceptors (Lipinski definition) is 2. The molecule has 1 N–H and O–H groups in total. The molecule has 2 amide bonds. The fraction of sp³-hybridized carbons (Fsp3) is 0.176. The van der Waals surface area contributed by atoms with Crippen LogP contribution in [-0.4, -0.2) is 18.4 Å². The van der Waals surface area contributed by atoms with E-state index in [-0.39, 0.29) is 24.8 Å². The Morgan fingerprint density at radius 3 is 2.42 bits per heavy atom. The van der Waals surface area contributed by atoms with Crippen LogP contribution in [0.25, 0.3) is 0 Å². The molecular weight excluding hydrogens is 371 g/mol. The molecule has 0 spiro atoms. The first-order valence-electron chi connectivity index (χ1n) is 7.15. The maximum atomic E-state index is 12.1. The third-order valence-electron chi connectivity index (χ3n) is 3.27. The molecule has 0 fully saturated rings. The minimum absolute atomic E-state index is 0.131. The van der Waals surface area contributed by atoms with E-state index in [0.29, 0.717) is 26.4 Å². The summed E-state index contributed by atoms with van der Waals surface area (Å²) in [5.41, 5.74) is 1.20. The average Bonchev–Trinajstić information content (AvgIpc) is 2.51. The minimum atomic E-state index is -0.235. The molecule has 7 heteroatoms. The topological polar surface area (TPSA) is 49.4 Å². The summed E-state index contributed by atoms with van der Waals surface area (Å²) in [5, 5.41) is 4.02. The summed E-state index contributed by atoms with van der Waals surface area (Å²) in [6.07, 6.45) is 0.131. The summed E-state index contributed by atoms with van der Waals surface area (Å²) in [6.45, 7) is 1.68. The van der Waals surface area contributed by atoms with Crippen molar-refractivity contribution >= 4 is 58.0 Å². The molecule has 0 unspecified atom stereocenters. The van der Waals surface area contributed by atoms with Crippen LogP contribution in [0.1, 0.15) is 13.3 Å². The Kier molecular flexibility index (Phi) is 6.49. The highest BCUT2D eigenvalue weighted by Crippen LogP contribution is 2.25. The maximum absolute atomic E-state index is 12.1. The average molecular weight is 386 g/mol. The highest BCUT2D eigenvalue weighted by molar-refractivity contribution is 6.42. The fourth-order valence-electron chi connectivity index (χ4n) is 2.12. The van der Waals surface area contributed by atoms with Gasteiger partial charge in [-0.25, -0.2) is 0 Å². The predicted octanol–water partition coefficient (Wildman–Crippen LogP) is 5.03. The molecule has 2 aromatic carbocycles. The van der Waals surface area contributed by atoms with Crippen molar-refractivity contribution in [3.05, 3.63) is 57.5 Å². The molecule has 0 atom stereocenters. The van der Waals surface area contributed by atoms with Gasteiger partial charge in [0.2, 0.25) is 11.8 Å². The largest absolute Gasteiger partial charge is 0.326 e. The van der Waals surface area contributed by atoms with E-state index >= 15 is 0 Å². The number of amides is 2. The number of anilines is 2. The molecule has 0 aromatic heterocycles. The van der Waals surface area contributed by atoms with Crippen LogP contribution in [0, 0.1) is 0 Å². The minimum Gasteiger partial charge on any atom is -0.326 e. The number of nitrogens with zero attached hydrogens (tertiary/aromatic N) is 1. The van der Waals surface area contributed by atoms with E-state index < -0.39 is 0 Å². The van der Waals surface area contributed by atoms with Gasteiger partial charge in [0.25, 0.3) is 0 Å². The summed E-state index contributed by atoms with van der Waals surface area (Å²) >= 11 is 17.7. The van der Waals surface area contributed by atoms with Gasteiger partial charge in [0.05, 0.1) is 10.0 Å². The fourth-order valence-corrected chi connectivity index (χ4v) is 2.61. The van der Waals surface area contributed by atoms with E-state index in [1.165, 1.54) is 11.8 Å². The van der Waals surface area contributed by atoms with Gasteiger partial charge < -0.3 is 10.2 Å². The van der Waals surface area contributed by atoms with Crippen molar-refractivity contribution in [2.45, 2.75) is 13.3 Å². The molecule has 126 valence electrons. The van der Waals surface area contributed by atoms with E-state index in [0.717, 1.165) is 0 Å². The Hall–Kier alpha value is -1.75. The van der Waals surface area contributed by atoms with Crippen molar-refractivity contribution in [2.75, 3.05) is 16.8 Å². The summed E-state index contributed by atoms with van der Waals surface area (Å²) in [6, 6.07) is 11.8. The smallest absolute Gasteiger partial charge is 0.226 e. The van der Waals surface area contributed by atoms with Crippen LogP contribution >= 0.6 is 34.8 Å². The number of carbonyl (C=O) groups excluding carboxylic acids is 2. The Balaban J connectivity index is 2.00. The lowest BCUT2D eigenvalue weighted by Crippen LogP contribution is -2.31. The number of nitrogens with one attached hydrogen (secondary N) is 1. The second-order valence-corrected chi connectivity index (χ2v) is 6.33. The van der Waals surface area contributed by atoms with Crippen molar-refractivity contribution < 1.29 is 9.59 Å². The Bertz CT molecular complexity index is 765. The Labute approximate surface area is 155 Å². The number of rotatable bonds is 5. The number of benzene rings is 2. The van der Waals surface area contributed by atoms with Crippen LogP contribution in [0.15, 0.2) is 42.5 Å². The summed E-state index contributed by atoms with van der Waals surface area (Å²) in [7, 11) is 0. The predicted molar refractivity (Wildman–Crippen MR) is 99.2 cm³/mol. The first-order chi connectivity index (χ1) is 11.4. The highest BCUT2D eigenvalue weighted by Gasteiger charge is 2.14. The SMILES string of the molecule is CC(=O)N(CCC(=O)Nc1ccc(Cl)c(Cl)c1)c1cccc(Cl)c1. The molecule has 0 aliphatic rings. The van der Waals surface area contributed by atoms with Crippen LogP contribution in [0.3, 0.4) is 0 Å². The van der Waals surface area contributed by atoms with E-state index in [2.05, 4.69) is 5.32 Å². The zero-order chi connectivity index (χ0) is 17.7. The van der Waals surface area contributed by atoms with Crippen LogP contribution < -0.4 is 10.2 Å². The monoisotopic (exact) mass is 384 g/mol. The van der Waals surface area contributed by atoms with Gasteiger partial charge in [0, 0.05) is 36.3 Å². The third kappa shape index (κ3) is 5.13. The molecule has 0 saturated heterocycles. The van der Waals surface area contributed by atoms with E-state index in [9.17, 15) is 9.59 Å². The third-order valence-corrected chi connectivity index (χ3v) is 4.24. The number of hydrogen-bond donors (Lipinski definition) is 1. The molecule has 0 heterocycles. The van der Waals surface area contributed by atoms with Gasteiger partial charge in [-0.2, -0.15) is 0 Å². The van der Waals surface area contributed by atoms with Crippen LogP contribution in [0.2, 0.25) is 15.1 Å². The van der Waals surface area contributed by atoms with Crippen molar-refractivity contribution in [3.63, 3.8) is 0 Å².